The lowest BCUT2D eigenvalue weighted by molar-refractivity contribution is -0.0426. The number of nitrogens with zero attached hydrogens (tertiary/aromatic N) is 2. The van der Waals surface area contributed by atoms with Gasteiger partial charge in [-0.1, -0.05) is 0 Å². The Kier molecular flexibility index (Phi) is 2.28. The number of rotatable bonds is 2. The molecule has 6 nitrogen and oxygen atoms in total. The molecule has 0 atom stereocenters. The first-order valence-electron chi connectivity index (χ1n) is 5.55. The van der Waals surface area contributed by atoms with Gasteiger partial charge in [-0.25, -0.2) is 13.4 Å². The van der Waals surface area contributed by atoms with Crippen LogP contribution < -0.4 is 0 Å². The number of pyridine rings is 1. The zero-order valence-electron chi connectivity index (χ0n) is 9.79. The lowest BCUT2D eigenvalue weighted by Gasteiger charge is -2.42. The van der Waals surface area contributed by atoms with Crippen molar-refractivity contribution in [2.45, 2.75) is 17.4 Å². The Hall–Kier alpha value is -1.44. The molecule has 0 radical (unpaired) electrons. The molecule has 7 heteroatoms. The van der Waals surface area contributed by atoms with Crippen molar-refractivity contribution in [1.82, 2.24) is 14.3 Å². The third-order valence-corrected chi connectivity index (χ3v) is 4.90. The van der Waals surface area contributed by atoms with Crippen molar-refractivity contribution in [2.24, 2.45) is 0 Å². The maximum atomic E-state index is 12.3. The summed E-state index contributed by atoms with van der Waals surface area (Å²) in [6.45, 7) is 1.88. The zero-order chi connectivity index (χ0) is 13.0. The smallest absolute Gasteiger partial charge is 0.245 e. The second-order valence-electron chi connectivity index (χ2n) is 4.82. The molecule has 0 unspecified atom stereocenters. The summed E-state index contributed by atoms with van der Waals surface area (Å²) in [6, 6.07) is 3.41. The van der Waals surface area contributed by atoms with E-state index in [1.165, 1.54) is 10.5 Å². The molecule has 2 N–H and O–H groups in total. The monoisotopic (exact) mass is 267 g/mol. The van der Waals surface area contributed by atoms with E-state index in [2.05, 4.69) is 9.97 Å². The average molecular weight is 267 g/mol. The first-order valence-corrected chi connectivity index (χ1v) is 6.99. The third kappa shape index (κ3) is 1.63. The lowest BCUT2D eigenvalue weighted by atomic mass is 10.0. The van der Waals surface area contributed by atoms with Crippen LogP contribution in [-0.2, 0) is 10.0 Å². The molecule has 0 bridgehead atoms. The van der Waals surface area contributed by atoms with E-state index in [1.54, 1.807) is 25.3 Å². The number of hydrogen-bond donors (Lipinski definition) is 2. The maximum absolute atomic E-state index is 12.3. The predicted octanol–water partition coefficient (Wildman–Crippen LogP) is 0.318. The van der Waals surface area contributed by atoms with Gasteiger partial charge in [0.15, 0.2) is 0 Å². The lowest BCUT2D eigenvalue weighted by Crippen LogP contribution is -2.61. The summed E-state index contributed by atoms with van der Waals surface area (Å²) in [4.78, 5) is 7.11. The standard InChI is InChI=1S/C11H13N3O3S/c1-11(15)6-14(7-11)18(16,17)9-5-13-10-8(9)3-2-4-12-10/h2-5,15H,6-7H2,1H3,(H,12,13). The number of fused-ring (bicyclic) bond motifs is 1. The molecule has 2 aromatic heterocycles. The van der Waals surface area contributed by atoms with Crippen LogP contribution in [0.3, 0.4) is 0 Å². The van der Waals surface area contributed by atoms with Crippen LogP contribution in [0, 0.1) is 0 Å². The van der Waals surface area contributed by atoms with Gasteiger partial charge in [0.25, 0.3) is 0 Å². The molecule has 0 aromatic carbocycles. The van der Waals surface area contributed by atoms with Crippen LogP contribution in [-0.4, -0.2) is 46.5 Å². The molecule has 1 aliphatic heterocycles. The predicted molar refractivity (Wildman–Crippen MR) is 65.5 cm³/mol. The van der Waals surface area contributed by atoms with Crippen LogP contribution in [0.1, 0.15) is 6.92 Å². The Labute approximate surface area is 104 Å². The number of β-amino-alcohol motifs (C(OH)–C–C–N with tert-alkyl or cyclic N) is 1. The molecule has 1 saturated heterocycles. The van der Waals surface area contributed by atoms with Crippen molar-refractivity contribution in [3.63, 3.8) is 0 Å². The Balaban J connectivity index is 2.05. The largest absolute Gasteiger partial charge is 0.387 e. The van der Waals surface area contributed by atoms with Crippen molar-refractivity contribution in [3.8, 4) is 0 Å². The fourth-order valence-corrected chi connectivity index (χ4v) is 3.99. The van der Waals surface area contributed by atoms with Crippen LogP contribution in [0.4, 0.5) is 0 Å². The highest BCUT2D eigenvalue weighted by atomic mass is 32.2. The molecule has 3 heterocycles. The summed E-state index contributed by atoms with van der Waals surface area (Å²) in [5.74, 6) is 0. The van der Waals surface area contributed by atoms with Gasteiger partial charge in [0, 0.05) is 30.9 Å². The van der Waals surface area contributed by atoms with E-state index in [0.717, 1.165) is 0 Å². The third-order valence-electron chi connectivity index (χ3n) is 3.06. The van der Waals surface area contributed by atoms with Gasteiger partial charge < -0.3 is 10.1 Å². The van der Waals surface area contributed by atoms with Gasteiger partial charge in [0.1, 0.15) is 10.5 Å². The highest BCUT2D eigenvalue weighted by Crippen LogP contribution is 2.30. The molecular weight excluding hydrogens is 254 g/mol. The van der Waals surface area contributed by atoms with Crippen molar-refractivity contribution < 1.29 is 13.5 Å². The Bertz CT molecular complexity index is 697. The van der Waals surface area contributed by atoms with E-state index >= 15 is 0 Å². The van der Waals surface area contributed by atoms with Gasteiger partial charge in [0.05, 0.1) is 5.60 Å². The summed E-state index contributed by atoms with van der Waals surface area (Å²) < 4.78 is 26.0. The number of nitrogens with one attached hydrogen (secondary N) is 1. The normalized spacial score (nSPS) is 19.9. The molecular formula is C11H13N3O3S. The van der Waals surface area contributed by atoms with Crippen LogP contribution >= 0.6 is 0 Å². The van der Waals surface area contributed by atoms with Crippen molar-refractivity contribution in [1.29, 1.82) is 0 Å². The molecule has 2 aromatic rings. The molecule has 0 spiro atoms. The van der Waals surface area contributed by atoms with E-state index < -0.39 is 15.6 Å². The summed E-state index contributed by atoms with van der Waals surface area (Å²) in [6.07, 6.45) is 3.05. The molecule has 1 aliphatic rings. The average Bonchev–Trinajstić information content (AvgIpc) is 2.70. The van der Waals surface area contributed by atoms with Gasteiger partial charge in [0.2, 0.25) is 10.0 Å². The Morgan fingerprint density at radius 2 is 2.22 bits per heavy atom. The minimum Gasteiger partial charge on any atom is -0.387 e. The minimum absolute atomic E-state index is 0.127. The van der Waals surface area contributed by atoms with E-state index in [4.69, 9.17) is 0 Å². The number of sulfonamides is 1. The van der Waals surface area contributed by atoms with E-state index in [-0.39, 0.29) is 18.0 Å². The Morgan fingerprint density at radius 3 is 2.89 bits per heavy atom. The number of aromatic nitrogens is 2. The molecule has 0 aliphatic carbocycles. The molecule has 1 fully saturated rings. The second kappa shape index (κ2) is 3.53. The quantitative estimate of drug-likeness (QED) is 0.820. The van der Waals surface area contributed by atoms with Gasteiger partial charge in [-0.2, -0.15) is 4.31 Å². The topological polar surface area (TPSA) is 86.3 Å². The zero-order valence-corrected chi connectivity index (χ0v) is 10.6. The fraction of sp³-hybridized carbons (Fsp3) is 0.364. The molecule has 3 rings (SSSR count). The van der Waals surface area contributed by atoms with Crippen molar-refractivity contribution >= 4 is 21.1 Å². The van der Waals surface area contributed by atoms with Crippen molar-refractivity contribution in [3.05, 3.63) is 24.5 Å². The van der Waals surface area contributed by atoms with E-state index in [9.17, 15) is 13.5 Å². The van der Waals surface area contributed by atoms with Gasteiger partial charge >= 0.3 is 0 Å². The highest BCUT2D eigenvalue weighted by Gasteiger charge is 2.44. The summed E-state index contributed by atoms with van der Waals surface area (Å²) >= 11 is 0. The number of aromatic amines is 1. The van der Waals surface area contributed by atoms with Crippen LogP contribution in [0.15, 0.2) is 29.4 Å². The summed E-state index contributed by atoms with van der Waals surface area (Å²) in [5, 5.41) is 10.2. The number of aliphatic hydroxyl groups is 1. The van der Waals surface area contributed by atoms with Gasteiger partial charge in [-0.3, -0.25) is 0 Å². The first kappa shape index (κ1) is 11.6. The van der Waals surface area contributed by atoms with Crippen LogP contribution in [0.25, 0.3) is 11.0 Å². The number of hydrogen-bond acceptors (Lipinski definition) is 4. The molecule has 96 valence electrons. The first-order chi connectivity index (χ1) is 8.40. The maximum Gasteiger partial charge on any atom is 0.245 e. The molecule has 0 amide bonds. The van der Waals surface area contributed by atoms with E-state index in [1.807, 2.05) is 0 Å². The summed E-state index contributed by atoms with van der Waals surface area (Å²) in [5.41, 5.74) is -0.374. The SMILES string of the molecule is CC1(O)CN(S(=O)(=O)c2c[nH]c3ncccc23)C1. The van der Waals surface area contributed by atoms with Gasteiger partial charge in [-0.05, 0) is 19.1 Å². The van der Waals surface area contributed by atoms with E-state index in [0.29, 0.717) is 11.0 Å². The number of H-pyrrole nitrogens is 1. The minimum atomic E-state index is -3.55. The van der Waals surface area contributed by atoms with Crippen molar-refractivity contribution in [2.75, 3.05) is 13.1 Å². The second-order valence-corrected chi connectivity index (χ2v) is 6.73. The summed E-state index contributed by atoms with van der Waals surface area (Å²) in [7, 11) is -3.55. The fourth-order valence-electron chi connectivity index (χ4n) is 2.17. The van der Waals surface area contributed by atoms with Crippen LogP contribution in [0.2, 0.25) is 0 Å². The van der Waals surface area contributed by atoms with Crippen LogP contribution in [0.5, 0.6) is 0 Å². The Morgan fingerprint density at radius 1 is 1.50 bits per heavy atom. The molecule has 18 heavy (non-hydrogen) atoms. The van der Waals surface area contributed by atoms with Gasteiger partial charge in [-0.15, -0.1) is 0 Å². The molecule has 0 saturated carbocycles. The highest BCUT2D eigenvalue weighted by molar-refractivity contribution is 7.89.